The van der Waals surface area contributed by atoms with Crippen LogP contribution in [0.25, 0.3) is 11.1 Å². The summed E-state index contributed by atoms with van der Waals surface area (Å²) in [7, 11) is 0. The van der Waals surface area contributed by atoms with E-state index in [1.807, 2.05) is 18.2 Å². The van der Waals surface area contributed by atoms with Gasteiger partial charge in [-0.25, -0.2) is 0 Å². The van der Waals surface area contributed by atoms with Crippen LogP contribution in [0.5, 0.6) is 0 Å². The van der Waals surface area contributed by atoms with Crippen LogP contribution < -0.4 is 3.27 Å². The second-order valence-electron chi connectivity index (χ2n) is 3.78. The van der Waals surface area contributed by atoms with Crippen molar-refractivity contribution in [1.82, 2.24) is 0 Å². The summed E-state index contributed by atoms with van der Waals surface area (Å²) in [6.45, 7) is 0. The zero-order chi connectivity index (χ0) is 10.4. The van der Waals surface area contributed by atoms with Gasteiger partial charge in [-0.05, 0) is 0 Å². The quantitative estimate of drug-likeness (QED) is 0.591. The van der Waals surface area contributed by atoms with Crippen molar-refractivity contribution in [3.8, 4) is 11.1 Å². The molecule has 15 heavy (non-hydrogen) atoms. The maximum absolute atomic E-state index is 13.7. The Morgan fingerprint density at radius 3 is 2.73 bits per heavy atom. The van der Waals surface area contributed by atoms with Gasteiger partial charge in [-0.15, -0.1) is 0 Å². The normalized spacial score (nSPS) is 12.5. The third-order valence-corrected chi connectivity index (χ3v) is 4.06. The van der Waals surface area contributed by atoms with E-state index < -0.39 is 0 Å². The average Bonchev–Trinajstić information content (AvgIpc) is 2.59. The zero-order valence-electron chi connectivity index (χ0n) is 8.05. The minimum absolute atomic E-state index is 0.0901. The molecule has 2 aromatic carbocycles. The first-order chi connectivity index (χ1) is 7.27. The van der Waals surface area contributed by atoms with Crippen LogP contribution in [-0.4, -0.2) is 0 Å². The molecule has 0 spiro atoms. The van der Waals surface area contributed by atoms with Crippen LogP contribution in [0, 0.1) is 5.82 Å². The van der Waals surface area contributed by atoms with Gasteiger partial charge >= 0.3 is 103 Å². The SMILES string of the molecule is Fc1cccc2c1-c1ccc[c]([Zr+3])c1C2. The Balaban J connectivity index is 2.36. The fourth-order valence-corrected chi connectivity index (χ4v) is 3.00. The minimum atomic E-state index is -0.0901. The van der Waals surface area contributed by atoms with E-state index in [2.05, 4.69) is 6.07 Å². The van der Waals surface area contributed by atoms with E-state index >= 15 is 0 Å². The van der Waals surface area contributed by atoms with Crippen molar-refractivity contribution >= 4 is 3.27 Å². The Morgan fingerprint density at radius 1 is 1.07 bits per heavy atom. The van der Waals surface area contributed by atoms with Crippen LogP contribution in [0.3, 0.4) is 0 Å². The van der Waals surface area contributed by atoms with E-state index in [-0.39, 0.29) is 5.82 Å². The monoisotopic (exact) mass is 273 g/mol. The van der Waals surface area contributed by atoms with Gasteiger partial charge in [-0.3, -0.25) is 0 Å². The van der Waals surface area contributed by atoms with Crippen molar-refractivity contribution in [2.45, 2.75) is 6.42 Å². The van der Waals surface area contributed by atoms with Gasteiger partial charge < -0.3 is 0 Å². The van der Waals surface area contributed by atoms with Gasteiger partial charge in [-0.2, -0.15) is 0 Å². The summed E-state index contributed by atoms with van der Waals surface area (Å²) in [5.74, 6) is -0.0901. The van der Waals surface area contributed by atoms with Crippen LogP contribution >= 0.6 is 0 Å². The Bertz CT molecular complexity index is 546. The van der Waals surface area contributed by atoms with Crippen LogP contribution in [0.1, 0.15) is 11.1 Å². The number of fused-ring (bicyclic) bond motifs is 3. The van der Waals surface area contributed by atoms with E-state index in [0.29, 0.717) is 0 Å². The topological polar surface area (TPSA) is 0 Å². The molecule has 0 amide bonds. The molecule has 0 nitrogen and oxygen atoms in total. The summed E-state index contributed by atoms with van der Waals surface area (Å²) < 4.78 is 15.1. The second kappa shape index (κ2) is 3.38. The van der Waals surface area contributed by atoms with Gasteiger partial charge in [0.05, 0.1) is 0 Å². The van der Waals surface area contributed by atoms with Gasteiger partial charge in [0.25, 0.3) is 0 Å². The first kappa shape index (κ1) is 9.48. The summed E-state index contributed by atoms with van der Waals surface area (Å²) in [6, 6.07) is 11.5. The van der Waals surface area contributed by atoms with Gasteiger partial charge in [0.1, 0.15) is 0 Å². The predicted octanol–water partition coefficient (Wildman–Crippen LogP) is 2.57. The molecule has 1 aliphatic rings. The fourth-order valence-electron chi connectivity index (χ4n) is 2.22. The maximum atomic E-state index is 13.7. The van der Waals surface area contributed by atoms with Crippen molar-refractivity contribution in [2.75, 3.05) is 0 Å². The summed E-state index contributed by atoms with van der Waals surface area (Å²) >= 11 is 1.40. The molecule has 0 atom stereocenters. The first-order valence-corrected chi connectivity index (χ1v) is 6.11. The summed E-state index contributed by atoms with van der Waals surface area (Å²) in [5.41, 5.74) is 4.35. The van der Waals surface area contributed by atoms with Crippen molar-refractivity contribution in [3.05, 3.63) is 53.3 Å². The number of rotatable bonds is 0. The first-order valence-electron chi connectivity index (χ1n) is 4.88. The van der Waals surface area contributed by atoms with E-state index in [1.54, 1.807) is 12.1 Å². The predicted molar refractivity (Wildman–Crippen MR) is 54.3 cm³/mol. The molecule has 0 saturated carbocycles. The molecule has 0 aliphatic heterocycles. The summed E-state index contributed by atoms with van der Waals surface area (Å²) in [5, 5.41) is 0. The van der Waals surface area contributed by atoms with Crippen LogP contribution in [0.2, 0.25) is 0 Å². The molecular formula is C13H8FZr+3. The Kier molecular flexibility index (Phi) is 2.14. The van der Waals surface area contributed by atoms with Crippen molar-refractivity contribution in [1.29, 1.82) is 0 Å². The molecule has 0 bridgehead atoms. The molecular weight excluding hydrogens is 266 g/mol. The fraction of sp³-hybridized carbons (Fsp3) is 0.0769. The Labute approximate surface area is 103 Å². The van der Waals surface area contributed by atoms with E-state index in [9.17, 15) is 4.39 Å². The third-order valence-electron chi connectivity index (χ3n) is 2.91. The molecule has 3 rings (SSSR count). The molecule has 0 unspecified atom stereocenters. The number of benzene rings is 2. The van der Waals surface area contributed by atoms with Gasteiger partial charge in [0.2, 0.25) is 0 Å². The van der Waals surface area contributed by atoms with Crippen LogP contribution in [-0.2, 0) is 31.1 Å². The number of hydrogen-bond acceptors (Lipinski definition) is 0. The van der Waals surface area contributed by atoms with Crippen molar-refractivity contribution in [2.24, 2.45) is 0 Å². The van der Waals surface area contributed by atoms with Crippen molar-refractivity contribution in [3.63, 3.8) is 0 Å². The summed E-state index contributed by atoms with van der Waals surface area (Å²) in [6.07, 6.45) is 0.893. The number of halogens is 1. The molecule has 0 radical (unpaired) electrons. The number of hydrogen-bond donors (Lipinski definition) is 0. The third kappa shape index (κ3) is 1.35. The van der Waals surface area contributed by atoms with Gasteiger partial charge in [0.15, 0.2) is 0 Å². The molecule has 0 heterocycles. The molecule has 2 aromatic rings. The average molecular weight is 274 g/mol. The second-order valence-corrected chi connectivity index (χ2v) is 5.11. The molecule has 1 aliphatic carbocycles. The molecule has 0 N–H and O–H groups in total. The molecule has 0 fully saturated rings. The molecule has 0 saturated heterocycles. The zero-order valence-corrected chi connectivity index (χ0v) is 10.5. The molecule has 68 valence electrons. The standard InChI is InChI=1S/C13H8F.Zr/c14-12-7-3-5-10-8-9-4-1-2-6-11(9)13(10)12;/h1-3,5-7H,8H2;/q;+3. The Hall–Kier alpha value is -0.747. The summed E-state index contributed by atoms with van der Waals surface area (Å²) in [4.78, 5) is 0. The van der Waals surface area contributed by atoms with Crippen LogP contribution in [0.4, 0.5) is 4.39 Å². The Morgan fingerprint density at radius 2 is 1.87 bits per heavy atom. The van der Waals surface area contributed by atoms with Crippen LogP contribution in [0.15, 0.2) is 36.4 Å². The molecule has 2 heteroatoms. The molecule has 0 aromatic heterocycles. The van der Waals surface area contributed by atoms with Gasteiger partial charge in [0, 0.05) is 0 Å². The van der Waals surface area contributed by atoms with Crippen molar-refractivity contribution < 1.29 is 29.1 Å². The van der Waals surface area contributed by atoms with E-state index in [0.717, 1.165) is 23.1 Å². The van der Waals surface area contributed by atoms with Gasteiger partial charge in [-0.1, -0.05) is 0 Å². The van der Waals surface area contributed by atoms with E-state index in [4.69, 9.17) is 0 Å². The van der Waals surface area contributed by atoms with E-state index in [1.165, 1.54) is 33.6 Å².